The van der Waals surface area contributed by atoms with Gasteiger partial charge in [-0.1, -0.05) is 0 Å². The maximum atomic E-state index is 13.1. The lowest BCUT2D eigenvalue weighted by Gasteiger charge is -2.10. The van der Waals surface area contributed by atoms with E-state index in [1.54, 1.807) is 42.3 Å². The van der Waals surface area contributed by atoms with Crippen molar-refractivity contribution in [1.82, 2.24) is 14.8 Å². The molecule has 0 saturated carbocycles. The van der Waals surface area contributed by atoms with Crippen molar-refractivity contribution in [2.75, 3.05) is 11.0 Å². The number of anilines is 1. The van der Waals surface area contributed by atoms with Gasteiger partial charge in [0.15, 0.2) is 0 Å². The lowest BCUT2D eigenvalue weighted by molar-refractivity contribution is 0.530. The molecule has 0 bridgehead atoms. The van der Waals surface area contributed by atoms with Crippen LogP contribution in [0.15, 0.2) is 38.5 Å². The molecule has 0 fully saturated rings. The predicted octanol–water partition coefficient (Wildman–Crippen LogP) is 3.52. The van der Waals surface area contributed by atoms with Gasteiger partial charge in [0.25, 0.3) is 15.9 Å². The molecule has 9 heteroatoms. The third-order valence-electron chi connectivity index (χ3n) is 4.27. The van der Waals surface area contributed by atoms with Crippen LogP contribution in [0.3, 0.4) is 0 Å². The van der Waals surface area contributed by atoms with Crippen LogP contribution in [0.25, 0.3) is 11.5 Å². The standard InChI is InChI=1S/C17H20N4O3S2/c1-10-15(17-19-18-12(3)24-17)16(11(2)21(10)4)26(22,23)20-13-6-8-14(25-5)9-7-13/h6-9,20H,1-5H3. The van der Waals surface area contributed by atoms with E-state index in [9.17, 15) is 8.42 Å². The van der Waals surface area contributed by atoms with Crippen LogP contribution in [0.1, 0.15) is 17.3 Å². The van der Waals surface area contributed by atoms with Gasteiger partial charge in [-0.2, -0.15) is 0 Å². The Balaban J connectivity index is 2.10. The van der Waals surface area contributed by atoms with Crippen LogP contribution in [0.2, 0.25) is 0 Å². The molecule has 0 atom stereocenters. The van der Waals surface area contributed by atoms with Crippen molar-refractivity contribution in [3.8, 4) is 11.5 Å². The Labute approximate surface area is 156 Å². The normalized spacial score (nSPS) is 11.7. The summed E-state index contributed by atoms with van der Waals surface area (Å²) in [5.41, 5.74) is 2.26. The highest BCUT2D eigenvalue weighted by Crippen LogP contribution is 2.35. The highest BCUT2D eigenvalue weighted by atomic mass is 32.2. The summed E-state index contributed by atoms with van der Waals surface area (Å²) < 4.78 is 36.2. The van der Waals surface area contributed by atoms with Crippen molar-refractivity contribution in [3.63, 3.8) is 0 Å². The second-order valence-corrected chi connectivity index (χ2v) is 8.39. The fourth-order valence-electron chi connectivity index (χ4n) is 2.76. The number of rotatable bonds is 5. The van der Waals surface area contributed by atoms with Gasteiger partial charge in [0.05, 0.1) is 5.56 Å². The minimum Gasteiger partial charge on any atom is -0.421 e. The summed E-state index contributed by atoms with van der Waals surface area (Å²) in [7, 11) is -2.03. The lowest BCUT2D eigenvalue weighted by atomic mass is 10.2. The van der Waals surface area contributed by atoms with E-state index in [4.69, 9.17) is 4.42 Å². The van der Waals surface area contributed by atoms with Crippen molar-refractivity contribution in [3.05, 3.63) is 41.5 Å². The van der Waals surface area contributed by atoms with E-state index >= 15 is 0 Å². The summed E-state index contributed by atoms with van der Waals surface area (Å²) in [6, 6.07) is 7.22. The fourth-order valence-corrected chi connectivity index (χ4v) is 4.75. The second kappa shape index (κ2) is 6.81. The van der Waals surface area contributed by atoms with Crippen molar-refractivity contribution in [1.29, 1.82) is 0 Å². The molecule has 7 nitrogen and oxygen atoms in total. The number of sulfonamides is 1. The number of nitrogens with one attached hydrogen (secondary N) is 1. The third kappa shape index (κ3) is 3.24. The second-order valence-electron chi connectivity index (χ2n) is 5.89. The summed E-state index contributed by atoms with van der Waals surface area (Å²) in [6.45, 7) is 5.25. The molecule has 0 unspecified atom stereocenters. The number of aryl methyl sites for hydroxylation is 1. The average Bonchev–Trinajstić information content (AvgIpc) is 3.12. The molecule has 0 aliphatic carbocycles. The minimum absolute atomic E-state index is 0.148. The van der Waals surface area contributed by atoms with Crippen LogP contribution >= 0.6 is 11.8 Å². The summed E-state index contributed by atoms with van der Waals surface area (Å²) in [4.78, 5) is 1.21. The number of aromatic nitrogens is 3. The van der Waals surface area contributed by atoms with Crippen LogP contribution in [0.5, 0.6) is 0 Å². The zero-order valence-corrected chi connectivity index (χ0v) is 16.8. The van der Waals surface area contributed by atoms with Gasteiger partial charge in [-0.15, -0.1) is 22.0 Å². The van der Waals surface area contributed by atoms with Gasteiger partial charge >= 0.3 is 0 Å². The van der Waals surface area contributed by atoms with E-state index in [1.165, 1.54) is 0 Å². The highest BCUT2D eigenvalue weighted by Gasteiger charge is 2.30. The monoisotopic (exact) mass is 392 g/mol. The number of thioether (sulfide) groups is 1. The maximum Gasteiger partial charge on any atom is 0.264 e. The first-order chi connectivity index (χ1) is 12.2. The Kier molecular flexibility index (Phi) is 4.85. The van der Waals surface area contributed by atoms with Gasteiger partial charge in [-0.3, -0.25) is 4.72 Å². The number of hydrogen-bond acceptors (Lipinski definition) is 6. The van der Waals surface area contributed by atoms with E-state index in [2.05, 4.69) is 14.9 Å². The Bertz CT molecular complexity index is 1050. The molecule has 0 spiro atoms. The molecule has 0 aliphatic rings. The summed E-state index contributed by atoms with van der Waals surface area (Å²) in [5, 5.41) is 7.84. The van der Waals surface area contributed by atoms with Crippen molar-refractivity contribution in [2.24, 2.45) is 7.05 Å². The molecule has 26 heavy (non-hydrogen) atoms. The highest BCUT2D eigenvalue weighted by molar-refractivity contribution is 7.98. The first-order valence-corrected chi connectivity index (χ1v) is 10.6. The van der Waals surface area contributed by atoms with Gasteiger partial charge < -0.3 is 8.98 Å². The van der Waals surface area contributed by atoms with E-state index < -0.39 is 10.0 Å². The summed E-state index contributed by atoms with van der Waals surface area (Å²) >= 11 is 1.59. The van der Waals surface area contributed by atoms with Crippen LogP contribution in [-0.4, -0.2) is 29.4 Å². The van der Waals surface area contributed by atoms with Crippen molar-refractivity contribution >= 4 is 27.5 Å². The Morgan fingerprint density at radius 2 is 1.73 bits per heavy atom. The molecule has 0 aliphatic heterocycles. The topological polar surface area (TPSA) is 90.0 Å². The molecular weight excluding hydrogens is 372 g/mol. The fraction of sp³-hybridized carbons (Fsp3) is 0.294. The van der Waals surface area contributed by atoms with E-state index in [0.29, 0.717) is 22.8 Å². The SMILES string of the molecule is CSc1ccc(NS(=O)(=O)c2c(-c3nnc(C)o3)c(C)n(C)c2C)cc1. The first kappa shape index (κ1) is 18.5. The third-order valence-corrected chi connectivity index (χ3v) is 6.56. The minimum atomic E-state index is -3.84. The van der Waals surface area contributed by atoms with E-state index in [0.717, 1.165) is 10.6 Å². The van der Waals surface area contributed by atoms with Crippen molar-refractivity contribution in [2.45, 2.75) is 30.6 Å². The molecule has 0 saturated heterocycles. The van der Waals surface area contributed by atoms with Gasteiger partial charge in [0.1, 0.15) is 4.90 Å². The molecule has 138 valence electrons. The molecule has 0 amide bonds. The van der Waals surface area contributed by atoms with Gasteiger partial charge in [0, 0.05) is 35.9 Å². The molecule has 1 aromatic carbocycles. The zero-order valence-electron chi connectivity index (χ0n) is 15.2. The van der Waals surface area contributed by atoms with Gasteiger partial charge in [0.2, 0.25) is 5.89 Å². The van der Waals surface area contributed by atoms with Crippen LogP contribution < -0.4 is 4.72 Å². The average molecular weight is 393 g/mol. The first-order valence-electron chi connectivity index (χ1n) is 7.88. The summed E-state index contributed by atoms with van der Waals surface area (Å²) in [6.07, 6.45) is 1.97. The van der Waals surface area contributed by atoms with Gasteiger partial charge in [-0.25, -0.2) is 8.42 Å². The van der Waals surface area contributed by atoms with Crippen molar-refractivity contribution < 1.29 is 12.8 Å². The lowest BCUT2D eigenvalue weighted by Crippen LogP contribution is -2.14. The molecule has 1 N–H and O–H groups in total. The maximum absolute atomic E-state index is 13.1. The number of nitrogens with zero attached hydrogens (tertiary/aromatic N) is 3. The van der Waals surface area contributed by atoms with E-state index in [1.807, 2.05) is 32.4 Å². The molecule has 0 radical (unpaired) electrons. The van der Waals surface area contributed by atoms with E-state index in [-0.39, 0.29) is 10.8 Å². The van der Waals surface area contributed by atoms with Crippen LogP contribution in [-0.2, 0) is 17.1 Å². The Morgan fingerprint density at radius 1 is 1.08 bits per heavy atom. The number of benzene rings is 1. The molecule has 2 aromatic heterocycles. The molecule has 2 heterocycles. The molecule has 3 rings (SSSR count). The van der Waals surface area contributed by atoms with Crippen LogP contribution in [0, 0.1) is 20.8 Å². The summed E-state index contributed by atoms with van der Waals surface area (Å²) in [5.74, 6) is 0.576. The Morgan fingerprint density at radius 3 is 2.27 bits per heavy atom. The zero-order chi connectivity index (χ0) is 19.1. The Hall–Kier alpha value is -2.26. The predicted molar refractivity (Wildman–Crippen MR) is 102 cm³/mol. The largest absolute Gasteiger partial charge is 0.421 e. The molecular formula is C17H20N4O3S2. The smallest absolute Gasteiger partial charge is 0.264 e. The quantitative estimate of drug-likeness (QED) is 0.668. The van der Waals surface area contributed by atoms with Gasteiger partial charge in [-0.05, 0) is 44.4 Å². The number of hydrogen-bond donors (Lipinski definition) is 1. The van der Waals surface area contributed by atoms with Crippen LogP contribution in [0.4, 0.5) is 5.69 Å². The molecule has 3 aromatic rings.